The van der Waals surface area contributed by atoms with Crippen LogP contribution in [0.15, 0.2) is 67.0 Å². The molecule has 4 aromatic rings. The summed E-state index contributed by atoms with van der Waals surface area (Å²) in [5, 5.41) is 5.30. The van der Waals surface area contributed by atoms with Crippen LogP contribution in [-0.2, 0) is 13.1 Å². The van der Waals surface area contributed by atoms with E-state index in [4.69, 9.17) is 9.47 Å². The van der Waals surface area contributed by atoms with Gasteiger partial charge in [0.2, 0.25) is 0 Å². The van der Waals surface area contributed by atoms with Crippen LogP contribution >= 0.6 is 0 Å². The maximum absolute atomic E-state index is 13.2. The Hall–Kier alpha value is -3.87. The van der Waals surface area contributed by atoms with Crippen LogP contribution in [0.1, 0.15) is 28.4 Å². The van der Waals surface area contributed by atoms with Crippen LogP contribution in [0.2, 0.25) is 0 Å². The number of carbonyl (C=O) groups is 1. The molecular formula is C25H26N4O3. The lowest BCUT2D eigenvalue weighted by atomic mass is 10.1. The molecule has 164 valence electrons. The average Bonchev–Trinajstić information content (AvgIpc) is 3.24. The highest BCUT2D eigenvalue weighted by Gasteiger charge is 2.18. The van der Waals surface area contributed by atoms with Crippen molar-refractivity contribution in [2.24, 2.45) is 0 Å². The van der Waals surface area contributed by atoms with Crippen LogP contribution in [0.5, 0.6) is 11.5 Å². The number of rotatable bonds is 8. The van der Waals surface area contributed by atoms with Gasteiger partial charge in [0.05, 0.1) is 32.5 Å². The van der Waals surface area contributed by atoms with Crippen molar-refractivity contribution in [1.29, 1.82) is 0 Å². The molecular weight excluding hydrogens is 404 g/mol. The first-order valence-electron chi connectivity index (χ1n) is 10.5. The molecule has 0 saturated carbocycles. The molecule has 0 aliphatic heterocycles. The lowest BCUT2D eigenvalue weighted by Crippen LogP contribution is -2.30. The molecule has 0 spiro atoms. The fourth-order valence-corrected chi connectivity index (χ4v) is 3.67. The topological polar surface area (TPSA) is 69.5 Å². The van der Waals surface area contributed by atoms with Crippen LogP contribution < -0.4 is 9.47 Å². The minimum atomic E-state index is -0.0764. The number of fused-ring (bicyclic) bond motifs is 1. The molecule has 1 amide bonds. The van der Waals surface area contributed by atoms with Crippen LogP contribution in [-0.4, -0.2) is 46.3 Å². The van der Waals surface area contributed by atoms with E-state index in [-0.39, 0.29) is 5.91 Å². The van der Waals surface area contributed by atoms with Gasteiger partial charge < -0.3 is 14.4 Å². The van der Waals surface area contributed by atoms with Crippen LogP contribution in [0.3, 0.4) is 0 Å². The van der Waals surface area contributed by atoms with Crippen molar-refractivity contribution >= 4 is 16.9 Å². The first-order chi connectivity index (χ1) is 15.6. The van der Waals surface area contributed by atoms with Gasteiger partial charge in [0.15, 0.2) is 17.1 Å². The molecule has 7 heteroatoms. The SMILES string of the molecule is CCN(Cc1ccc(OC)c(OC)c1)C(=O)c1cnc2c(cnn2Cc2ccccc2)c1. The maximum Gasteiger partial charge on any atom is 0.255 e. The normalized spacial score (nSPS) is 10.8. The Balaban J connectivity index is 1.54. The maximum atomic E-state index is 13.2. The molecule has 2 aromatic heterocycles. The van der Waals surface area contributed by atoms with Gasteiger partial charge >= 0.3 is 0 Å². The van der Waals surface area contributed by atoms with Crippen molar-refractivity contribution in [2.45, 2.75) is 20.0 Å². The van der Waals surface area contributed by atoms with E-state index in [9.17, 15) is 4.79 Å². The van der Waals surface area contributed by atoms with Crippen LogP contribution in [0.25, 0.3) is 11.0 Å². The summed E-state index contributed by atoms with van der Waals surface area (Å²) in [6.07, 6.45) is 3.39. The van der Waals surface area contributed by atoms with Gasteiger partial charge in [-0.2, -0.15) is 5.10 Å². The largest absolute Gasteiger partial charge is 0.493 e. The predicted molar refractivity (Wildman–Crippen MR) is 123 cm³/mol. The third kappa shape index (κ3) is 4.42. The number of pyridine rings is 1. The van der Waals surface area contributed by atoms with Crippen molar-refractivity contribution < 1.29 is 14.3 Å². The summed E-state index contributed by atoms with van der Waals surface area (Å²) in [4.78, 5) is 19.5. The molecule has 0 unspecified atom stereocenters. The summed E-state index contributed by atoms with van der Waals surface area (Å²) < 4.78 is 12.5. The van der Waals surface area contributed by atoms with Crippen molar-refractivity contribution in [3.8, 4) is 11.5 Å². The molecule has 0 radical (unpaired) electrons. The molecule has 32 heavy (non-hydrogen) atoms. The van der Waals surface area contributed by atoms with E-state index >= 15 is 0 Å². The zero-order valence-electron chi connectivity index (χ0n) is 18.5. The van der Waals surface area contributed by atoms with Crippen molar-refractivity contribution in [3.05, 3.63) is 83.7 Å². The minimum absolute atomic E-state index is 0.0764. The molecule has 0 aliphatic carbocycles. The Kier molecular flexibility index (Phi) is 6.35. The van der Waals surface area contributed by atoms with Gasteiger partial charge in [-0.15, -0.1) is 0 Å². The van der Waals surface area contributed by atoms with Gasteiger partial charge in [-0.3, -0.25) is 4.79 Å². The van der Waals surface area contributed by atoms with E-state index in [2.05, 4.69) is 22.2 Å². The lowest BCUT2D eigenvalue weighted by molar-refractivity contribution is 0.0752. The third-order valence-electron chi connectivity index (χ3n) is 5.39. The molecule has 0 N–H and O–H groups in total. The Morgan fingerprint density at radius 3 is 2.47 bits per heavy atom. The van der Waals surface area contributed by atoms with Crippen LogP contribution in [0.4, 0.5) is 0 Å². The first kappa shape index (κ1) is 21.4. The second-order valence-corrected chi connectivity index (χ2v) is 7.43. The second kappa shape index (κ2) is 9.51. The van der Waals surface area contributed by atoms with E-state index in [1.807, 2.05) is 54.1 Å². The number of ether oxygens (including phenoxy) is 2. The first-order valence-corrected chi connectivity index (χ1v) is 10.5. The standard InChI is InChI=1S/C25H26N4O3/c1-4-28(16-19-10-11-22(31-2)23(12-19)32-3)25(30)21-13-20-15-27-29(24(20)26-14-21)17-18-8-6-5-7-9-18/h5-15H,4,16-17H2,1-3H3. The number of aromatic nitrogens is 3. The van der Waals surface area contributed by atoms with Gasteiger partial charge in [-0.1, -0.05) is 36.4 Å². The zero-order valence-corrected chi connectivity index (χ0v) is 18.5. The number of benzene rings is 2. The Morgan fingerprint density at radius 1 is 0.969 bits per heavy atom. The molecule has 2 heterocycles. The summed E-state index contributed by atoms with van der Waals surface area (Å²) in [5.74, 6) is 1.22. The number of hydrogen-bond acceptors (Lipinski definition) is 5. The highest BCUT2D eigenvalue weighted by atomic mass is 16.5. The van der Waals surface area contributed by atoms with E-state index in [0.29, 0.717) is 36.7 Å². The molecule has 4 rings (SSSR count). The lowest BCUT2D eigenvalue weighted by Gasteiger charge is -2.21. The average molecular weight is 431 g/mol. The highest BCUT2D eigenvalue weighted by Crippen LogP contribution is 2.28. The summed E-state index contributed by atoms with van der Waals surface area (Å²) in [5.41, 5.74) is 3.40. The smallest absolute Gasteiger partial charge is 0.255 e. The van der Waals surface area contributed by atoms with Gasteiger partial charge in [0.25, 0.3) is 5.91 Å². The Bertz CT molecular complexity index is 1220. The fraction of sp³-hybridized carbons (Fsp3) is 0.240. The Labute approximate surface area is 187 Å². The fourth-order valence-electron chi connectivity index (χ4n) is 3.67. The monoisotopic (exact) mass is 430 g/mol. The molecule has 0 fully saturated rings. The number of carbonyl (C=O) groups excluding carboxylic acids is 1. The van der Waals surface area contributed by atoms with E-state index in [1.165, 1.54) is 0 Å². The van der Waals surface area contributed by atoms with E-state index in [0.717, 1.165) is 22.2 Å². The molecule has 0 aliphatic rings. The minimum Gasteiger partial charge on any atom is -0.493 e. The Morgan fingerprint density at radius 2 is 1.75 bits per heavy atom. The number of amides is 1. The van der Waals surface area contributed by atoms with Crippen molar-refractivity contribution in [2.75, 3.05) is 20.8 Å². The van der Waals surface area contributed by atoms with E-state index in [1.54, 1.807) is 31.5 Å². The molecule has 0 bridgehead atoms. The quantitative estimate of drug-likeness (QED) is 0.420. The molecule has 7 nitrogen and oxygen atoms in total. The van der Waals surface area contributed by atoms with Crippen LogP contribution in [0, 0.1) is 0 Å². The van der Waals surface area contributed by atoms with Crippen molar-refractivity contribution in [1.82, 2.24) is 19.7 Å². The van der Waals surface area contributed by atoms with Gasteiger partial charge in [-0.25, -0.2) is 9.67 Å². The second-order valence-electron chi connectivity index (χ2n) is 7.43. The highest BCUT2D eigenvalue weighted by molar-refractivity contribution is 5.96. The summed E-state index contributed by atoms with van der Waals surface area (Å²) in [7, 11) is 3.20. The summed E-state index contributed by atoms with van der Waals surface area (Å²) >= 11 is 0. The van der Waals surface area contributed by atoms with E-state index < -0.39 is 0 Å². The summed E-state index contributed by atoms with van der Waals surface area (Å²) in [6.45, 7) is 3.62. The van der Waals surface area contributed by atoms with Crippen molar-refractivity contribution in [3.63, 3.8) is 0 Å². The van der Waals surface area contributed by atoms with Gasteiger partial charge in [-0.05, 0) is 36.2 Å². The van der Waals surface area contributed by atoms with Gasteiger partial charge in [0.1, 0.15) is 0 Å². The molecule has 0 saturated heterocycles. The number of methoxy groups -OCH3 is 2. The van der Waals surface area contributed by atoms with Gasteiger partial charge in [0, 0.05) is 24.7 Å². The third-order valence-corrected chi connectivity index (χ3v) is 5.39. The number of nitrogens with zero attached hydrogens (tertiary/aromatic N) is 4. The molecule has 0 atom stereocenters. The molecule has 2 aromatic carbocycles. The number of hydrogen-bond donors (Lipinski definition) is 0. The summed E-state index contributed by atoms with van der Waals surface area (Å²) in [6, 6.07) is 17.6. The zero-order chi connectivity index (χ0) is 22.5. The predicted octanol–water partition coefficient (Wildman–Crippen LogP) is 4.16.